The van der Waals surface area contributed by atoms with Gasteiger partial charge in [-0.05, 0) is 31.0 Å². The van der Waals surface area contributed by atoms with Crippen LogP contribution in [0.4, 0.5) is 5.69 Å². The fraction of sp³-hybridized carbons (Fsp3) is 0.625. The van der Waals surface area contributed by atoms with Crippen LogP contribution in [0.5, 0.6) is 5.75 Å². The highest BCUT2D eigenvalue weighted by molar-refractivity contribution is 5.53. The molecule has 0 unspecified atom stereocenters. The summed E-state index contributed by atoms with van der Waals surface area (Å²) < 4.78 is 5.72. The van der Waals surface area contributed by atoms with Crippen LogP contribution in [-0.2, 0) is 0 Å². The quantitative estimate of drug-likeness (QED) is 0.508. The van der Waals surface area contributed by atoms with Gasteiger partial charge in [-0.1, -0.05) is 51.5 Å². The number of unbranched alkanes of at least 4 members (excludes halogenated alkanes) is 6. The summed E-state index contributed by atoms with van der Waals surface area (Å²) in [7, 11) is 0. The van der Waals surface area contributed by atoms with Gasteiger partial charge in [0.2, 0.25) is 0 Å². The highest BCUT2D eigenvalue weighted by Gasteiger charge is 2.00. The summed E-state index contributed by atoms with van der Waals surface area (Å²) in [6.07, 6.45) is 9.14. The summed E-state index contributed by atoms with van der Waals surface area (Å²) in [5.74, 6) is 0.834. The van der Waals surface area contributed by atoms with E-state index >= 15 is 0 Å². The molecule has 2 nitrogen and oxygen atoms in total. The molecule has 0 spiro atoms. The van der Waals surface area contributed by atoms with E-state index in [4.69, 9.17) is 10.5 Å². The zero-order chi connectivity index (χ0) is 13.2. The Bertz CT molecular complexity index is 336. The van der Waals surface area contributed by atoms with Crippen LogP contribution < -0.4 is 10.5 Å². The predicted molar refractivity (Wildman–Crippen MR) is 79.1 cm³/mol. The van der Waals surface area contributed by atoms with Crippen molar-refractivity contribution in [3.05, 3.63) is 23.8 Å². The van der Waals surface area contributed by atoms with E-state index in [-0.39, 0.29) is 0 Å². The first-order chi connectivity index (χ1) is 8.74. The van der Waals surface area contributed by atoms with Crippen LogP contribution in [0.25, 0.3) is 0 Å². The van der Waals surface area contributed by atoms with E-state index in [1.807, 2.05) is 18.2 Å². The van der Waals surface area contributed by atoms with E-state index < -0.39 is 0 Å². The lowest BCUT2D eigenvalue weighted by atomic mass is 10.1. The highest BCUT2D eigenvalue weighted by atomic mass is 16.5. The number of nitrogen functional groups attached to an aromatic ring is 1. The maximum Gasteiger partial charge on any atom is 0.142 e. The van der Waals surface area contributed by atoms with Gasteiger partial charge in [0.1, 0.15) is 5.75 Å². The third-order valence-corrected chi connectivity index (χ3v) is 3.17. The maximum absolute atomic E-state index is 5.86. The molecule has 0 atom stereocenters. The number of anilines is 1. The topological polar surface area (TPSA) is 35.2 Å². The molecule has 1 rings (SSSR count). The molecule has 0 amide bonds. The minimum atomic E-state index is 0.739. The molecular weight excluding hydrogens is 222 g/mol. The van der Waals surface area contributed by atoms with Crippen LogP contribution in [-0.4, -0.2) is 6.61 Å². The maximum atomic E-state index is 5.86. The lowest BCUT2D eigenvalue weighted by molar-refractivity contribution is 0.305. The molecule has 18 heavy (non-hydrogen) atoms. The minimum absolute atomic E-state index is 0.739. The van der Waals surface area contributed by atoms with E-state index in [0.717, 1.165) is 24.5 Å². The van der Waals surface area contributed by atoms with Crippen molar-refractivity contribution in [3.63, 3.8) is 0 Å². The SMILES string of the molecule is CCCCCCCCCOc1cc(C)ccc1N. The van der Waals surface area contributed by atoms with Gasteiger partial charge in [0.15, 0.2) is 0 Å². The van der Waals surface area contributed by atoms with Gasteiger partial charge in [-0.2, -0.15) is 0 Å². The molecule has 102 valence electrons. The van der Waals surface area contributed by atoms with Crippen LogP contribution >= 0.6 is 0 Å². The number of rotatable bonds is 9. The van der Waals surface area contributed by atoms with Gasteiger partial charge in [-0.15, -0.1) is 0 Å². The van der Waals surface area contributed by atoms with E-state index in [9.17, 15) is 0 Å². The lowest BCUT2D eigenvalue weighted by Gasteiger charge is -2.09. The van der Waals surface area contributed by atoms with Crippen molar-refractivity contribution in [1.29, 1.82) is 0 Å². The van der Waals surface area contributed by atoms with Crippen LogP contribution in [0.2, 0.25) is 0 Å². The van der Waals surface area contributed by atoms with Crippen molar-refractivity contribution < 1.29 is 4.74 Å². The van der Waals surface area contributed by atoms with Crippen LogP contribution in [0.1, 0.15) is 57.4 Å². The van der Waals surface area contributed by atoms with Crippen molar-refractivity contribution in [2.75, 3.05) is 12.3 Å². The molecule has 0 fully saturated rings. The summed E-state index contributed by atoms with van der Waals surface area (Å²) >= 11 is 0. The van der Waals surface area contributed by atoms with E-state index in [2.05, 4.69) is 13.8 Å². The Hall–Kier alpha value is -1.18. The molecule has 0 saturated carbocycles. The number of nitrogens with two attached hydrogens (primary N) is 1. The Morgan fingerprint density at radius 1 is 1.00 bits per heavy atom. The third kappa shape index (κ3) is 5.95. The molecular formula is C16H27NO. The van der Waals surface area contributed by atoms with Gasteiger partial charge < -0.3 is 10.5 Å². The van der Waals surface area contributed by atoms with Crippen molar-refractivity contribution in [1.82, 2.24) is 0 Å². The number of hydrogen-bond acceptors (Lipinski definition) is 2. The molecule has 0 aliphatic heterocycles. The number of ether oxygens (including phenoxy) is 1. The largest absolute Gasteiger partial charge is 0.491 e. The second kappa shape index (κ2) is 8.84. The van der Waals surface area contributed by atoms with Gasteiger partial charge in [0.05, 0.1) is 12.3 Å². The Balaban J connectivity index is 2.09. The summed E-state index contributed by atoms with van der Waals surface area (Å²) in [6.45, 7) is 5.08. The second-order valence-electron chi connectivity index (χ2n) is 5.01. The molecule has 0 aliphatic carbocycles. The molecule has 0 aromatic heterocycles. The normalized spacial score (nSPS) is 10.6. The molecule has 1 aromatic carbocycles. The summed E-state index contributed by atoms with van der Waals surface area (Å²) in [4.78, 5) is 0. The average molecular weight is 249 g/mol. The van der Waals surface area contributed by atoms with Crippen LogP contribution in [0.15, 0.2) is 18.2 Å². The molecule has 0 radical (unpaired) electrons. The zero-order valence-electron chi connectivity index (χ0n) is 11.9. The third-order valence-electron chi connectivity index (χ3n) is 3.17. The first-order valence-corrected chi connectivity index (χ1v) is 7.23. The summed E-state index contributed by atoms with van der Waals surface area (Å²) in [5.41, 5.74) is 7.79. The predicted octanol–water partition coefficient (Wildman–Crippen LogP) is 4.71. The van der Waals surface area contributed by atoms with Crippen molar-refractivity contribution in [2.45, 2.75) is 58.8 Å². The Kier molecular flexibility index (Phi) is 7.31. The van der Waals surface area contributed by atoms with Gasteiger partial charge in [-0.25, -0.2) is 0 Å². The first-order valence-electron chi connectivity index (χ1n) is 7.23. The molecule has 0 saturated heterocycles. The van der Waals surface area contributed by atoms with Gasteiger partial charge in [-0.3, -0.25) is 0 Å². The number of aryl methyl sites for hydroxylation is 1. The molecule has 2 heteroatoms. The smallest absolute Gasteiger partial charge is 0.142 e. The molecule has 0 heterocycles. The monoisotopic (exact) mass is 249 g/mol. The molecule has 0 aliphatic rings. The standard InChI is InChI=1S/C16H27NO/c1-3-4-5-6-7-8-9-12-18-16-13-14(2)10-11-15(16)17/h10-11,13H,3-9,12,17H2,1-2H3. The van der Waals surface area contributed by atoms with Gasteiger partial charge in [0, 0.05) is 0 Å². The minimum Gasteiger partial charge on any atom is -0.491 e. The van der Waals surface area contributed by atoms with Gasteiger partial charge >= 0.3 is 0 Å². The fourth-order valence-electron chi connectivity index (χ4n) is 2.01. The first kappa shape index (κ1) is 14.9. The molecule has 2 N–H and O–H groups in total. The second-order valence-corrected chi connectivity index (χ2v) is 5.01. The highest BCUT2D eigenvalue weighted by Crippen LogP contribution is 2.22. The zero-order valence-corrected chi connectivity index (χ0v) is 11.9. The van der Waals surface area contributed by atoms with Crippen LogP contribution in [0, 0.1) is 6.92 Å². The number of hydrogen-bond donors (Lipinski definition) is 1. The molecule has 0 bridgehead atoms. The fourth-order valence-corrected chi connectivity index (χ4v) is 2.01. The summed E-state index contributed by atoms with van der Waals surface area (Å²) in [6, 6.07) is 5.93. The van der Waals surface area contributed by atoms with E-state index in [1.165, 1.54) is 44.1 Å². The van der Waals surface area contributed by atoms with Crippen molar-refractivity contribution in [2.24, 2.45) is 0 Å². The van der Waals surface area contributed by atoms with Crippen LogP contribution in [0.3, 0.4) is 0 Å². The Labute approximate surface area is 112 Å². The molecule has 1 aromatic rings. The summed E-state index contributed by atoms with van der Waals surface area (Å²) in [5, 5.41) is 0. The van der Waals surface area contributed by atoms with Gasteiger partial charge in [0.25, 0.3) is 0 Å². The number of benzene rings is 1. The van der Waals surface area contributed by atoms with E-state index in [0.29, 0.717) is 0 Å². The van der Waals surface area contributed by atoms with E-state index in [1.54, 1.807) is 0 Å². The average Bonchev–Trinajstić information content (AvgIpc) is 2.36. The van der Waals surface area contributed by atoms with Crippen molar-refractivity contribution >= 4 is 5.69 Å². The Morgan fingerprint density at radius 2 is 1.67 bits per heavy atom. The Morgan fingerprint density at radius 3 is 2.39 bits per heavy atom. The lowest BCUT2D eigenvalue weighted by Crippen LogP contribution is -2.00. The van der Waals surface area contributed by atoms with Crippen molar-refractivity contribution in [3.8, 4) is 5.75 Å².